The number of methoxy groups -OCH3 is 3. The first-order chi connectivity index (χ1) is 17.0. The molecule has 0 bridgehead atoms. The molecule has 2 aromatic heterocycles. The Morgan fingerprint density at radius 2 is 1.57 bits per heavy atom. The van der Waals surface area contributed by atoms with E-state index in [2.05, 4.69) is 10.1 Å². The number of benzene rings is 3. The van der Waals surface area contributed by atoms with Crippen LogP contribution in [-0.2, 0) is 0 Å². The number of nitrogens with zero attached hydrogens (tertiary/aromatic N) is 3. The van der Waals surface area contributed by atoms with Gasteiger partial charge >= 0.3 is 0 Å². The first-order valence-corrected chi connectivity index (χ1v) is 10.9. The van der Waals surface area contributed by atoms with E-state index in [-0.39, 0.29) is 11.4 Å². The Labute approximate surface area is 201 Å². The summed E-state index contributed by atoms with van der Waals surface area (Å²) in [7, 11) is 4.63. The SMILES string of the molecule is COc1cc(-c2noc(-c3cn(-c4cccc(C)c4)c(=O)c4ccccc34)n2)cc(OC)c1OC. The van der Waals surface area contributed by atoms with Gasteiger partial charge in [-0.15, -0.1) is 0 Å². The molecular formula is C27H23N3O5. The lowest BCUT2D eigenvalue weighted by Gasteiger charge is -2.12. The summed E-state index contributed by atoms with van der Waals surface area (Å²) < 4.78 is 23.6. The van der Waals surface area contributed by atoms with E-state index in [9.17, 15) is 4.79 Å². The molecule has 0 aliphatic rings. The highest BCUT2D eigenvalue weighted by Crippen LogP contribution is 2.41. The van der Waals surface area contributed by atoms with Crippen LogP contribution in [0.15, 0.2) is 76.2 Å². The minimum Gasteiger partial charge on any atom is -0.493 e. The predicted octanol–water partition coefficient (Wildman–Crippen LogP) is 5.04. The molecule has 0 unspecified atom stereocenters. The molecule has 0 amide bonds. The van der Waals surface area contributed by atoms with Crippen LogP contribution in [0.25, 0.3) is 39.3 Å². The molecule has 0 saturated carbocycles. The van der Waals surface area contributed by atoms with E-state index < -0.39 is 0 Å². The van der Waals surface area contributed by atoms with Gasteiger partial charge in [0.15, 0.2) is 11.5 Å². The summed E-state index contributed by atoms with van der Waals surface area (Å²) >= 11 is 0. The number of aromatic nitrogens is 3. The van der Waals surface area contributed by atoms with Gasteiger partial charge in [0.2, 0.25) is 11.6 Å². The van der Waals surface area contributed by atoms with Crippen LogP contribution in [0.5, 0.6) is 17.2 Å². The second-order valence-electron chi connectivity index (χ2n) is 7.94. The van der Waals surface area contributed by atoms with E-state index in [1.807, 2.05) is 49.4 Å². The van der Waals surface area contributed by atoms with Crippen molar-refractivity contribution in [3.63, 3.8) is 0 Å². The lowest BCUT2D eigenvalue weighted by atomic mass is 10.1. The Bertz CT molecular complexity index is 1580. The topological polar surface area (TPSA) is 88.6 Å². The largest absolute Gasteiger partial charge is 0.493 e. The van der Waals surface area contributed by atoms with E-state index in [1.54, 1.807) is 50.3 Å². The molecule has 5 rings (SSSR count). The highest BCUT2D eigenvalue weighted by Gasteiger charge is 2.20. The highest BCUT2D eigenvalue weighted by atomic mass is 16.5. The number of hydrogen-bond acceptors (Lipinski definition) is 7. The maximum Gasteiger partial charge on any atom is 0.262 e. The molecular weight excluding hydrogens is 446 g/mol. The number of ether oxygens (including phenoxy) is 3. The number of fused-ring (bicyclic) bond motifs is 1. The highest BCUT2D eigenvalue weighted by molar-refractivity contribution is 5.94. The molecule has 2 heterocycles. The van der Waals surface area contributed by atoms with Crippen molar-refractivity contribution in [2.75, 3.05) is 21.3 Å². The van der Waals surface area contributed by atoms with Gasteiger partial charge in [0, 0.05) is 28.2 Å². The zero-order chi connectivity index (χ0) is 24.5. The molecule has 0 radical (unpaired) electrons. The summed E-state index contributed by atoms with van der Waals surface area (Å²) in [6.07, 6.45) is 1.74. The minimum atomic E-state index is -0.126. The molecule has 35 heavy (non-hydrogen) atoms. The maximum atomic E-state index is 13.3. The predicted molar refractivity (Wildman–Crippen MR) is 133 cm³/mol. The molecule has 0 aliphatic heterocycles. The van der Waals surface area contributed by atoms with E-state index in [4.69, 9.17) is 18.7 Å². The third-order valence-electron chi connectivity index (χ3n) is 5.78. The Kier molecular flexibility index (Phi) is 5.70. The van der Waals surface area contributed by atoms with Gasteiger partial charge in [-0.25, -0.2) is 0 Å². The van der Waals surface area contributed by atoms with Crippen molar-refractivity contribution in [2.24, 2.45) is 0 Å². The molecule has 3 aromatic carbocycles. The third kappa shape index (κ3) is 3.89. The molecule has 5 aromatic rings. The number of pyridine rings is 1. The van der Waals surface area contributed by atoms with Crippen LogP contribution < -0.4 is 19.8 Å². The van der Waals surface area contributed by atoms with Gasteiger partial charge in [-0.1, -0.05) is 35.5 Å². The fraction of sp³-hybridized carbons (Fsp3) is 0.148. The Morgan fingerprint density at radius 1 is 0.857 bits per heavy atom. The monoisotopic (exact) mass is 469 g/mol. The minimum absolute atomic E-state index is 0.126. The number of hydrogen-bond donors (Lipinski definition) is 0. The quantitative estimate of drug-likeness (QED) is 0.344. The summed E-state index contributed by atoms with van der Waals surface area (Å²) in [5, 5.41) is 5.47. The van der Waals surface area contributed by atoms with Crippen LogP contribution in [0, 0.1) is 6.92 Å². The lowest BCUT2D eigenvalue weighted by Crippen LogP contribution is -2.18. The smallest absolute Gasteiger partial charge is 0.262 e. The zero-order valence-corrected chi connectivity index (χ0v) is 19.7. The van der Waals surface area contributed by atoms with Crippen LogP contribution in [-0.4, -0.2) is 36.0 Å². The normalized spacial score (nSPS) is 11.0. The second kappa shape index (κ2) is 8.98. The van der Waals surface area contributed by atoms with Gasteiger partial charge < -0.3 is 18.7 Å². The molecule has 0 aliphatic carbocycles. The zero-order valence-electron chi connectivity index (χ0n) is 19.7. The molecule has 0 spiro atoms. The summed E-state index contributed by atoms with van der Waals surface area (Å²) in [5.74, 6) is 2.06. The molecule has 0 N–H and O–H groups in total. The van der Waals surface area contributed by atoms with Gasteiger partial charge in [0.1, 0.15) is 0 Å². The Balaban J connectivity index is 1.69. The standard InChI is InChI=1S/C27H23N3O5/c1-16-8-7-9-18(12-16)30-15-21(19-10-5-6-11-20(19)27(30)31)26-28-25(29-35-26)17-13-22(32-2)24(34-4)23(14-17)33-3/h5-15H,1-4H3. The average molecular weight is 469 g/mol. The van der Waals surface area contributed by atoms with Crippen LogP contribution >= 0.6 is 0 Å². The van der Waals surface area contributed by atoms with E-state index >= 15 is 0 Å². The van der Waals surface area contributed by atoms with Gasteiger partial charge in [-0.2, -0.15) is 4.98 Å². The van der Waals surface area contributed by atoms with Crippen molar-refractivity contribution in [3.8, 4) is 45.8 Å². The van der Waals surface area contributed by atoms with Crippen LogP contribution in [0.1, 0.15) is 5.56 Å². The van der Waals surface area contributed by atoms with E-state index in [0.717, 1.165) is 16.6 Å². The van der Waals surface area contributed by atoms with Crippen LogP contribution in [0.2, 0.25) is 0 Å². The lowest BCUT2D eigenvalue weighted by molar-refractivity contribution is 0.324. The van der Waals surface area contributed by atoms with Crippen molar-refractivity contribution in [2.45, 2.75) is 6.92 Å². The first kappa shape index (κ1) is 22.2. The molecule has 8 heteroatoms. The average Bonchev–Trinajstić information content (AvgIpc) is 3.38. The van der Waals surface area contributed by atoms with Crippen molar-refractivity contribution in [3.05, 3.63) is 82.8 Å². The van der Waals surface area contributed by atoms with Crippen molar-refractivity contribution in [1.82, 2.24) is 14.7 Å². The second-order valence-corrected chi connectivity index (χ2v) is 7.94. The van der Waals surface area contributed by atoms with Crippen molar-refractivity contribution >= 4 is 10.8 Å². The molecule has 0 saturated heterocycles. The summed E-state index contributed by atoms with van der Waals surface area (Å²) in [5.41, 5.74) is 2.95. The van der Waals surface area contributed by atoms with Gasteiger partial charge in [0.05, 0.1) is 26.9 Å². The molecule has 0 atom stereocenters. The maximum absolute atomic E-state index is 13.3. The van der Waals surface area contributed by atoms with E-state index in [1.165, 1.54) is 0 Å². The first-order valence-electron chi connectivity index (χ1n) is 10.9. The van der Waals surface area contributed by atoms with E-state index in [0.29, 0.717) is 39.6 Å². The summed E-state index contributed by atoms with van der Waals surface area (Å²) in [6.45, 7) is 1.98. The third-order valence-corrected chi connectivity index (χ3v) is 5.78. The summed E-state index contributed by atoms with van der Waals surface area (Å²) in [6, 6.07) is 18.6. The van der Waals surface area contributed by atoms with Gasteiger partial charge in [0.25, 0.3) is 11.4 Å². The van der Waals surface area contributed by atoms with Crippen molar-refractivity contribution in [1.29, 1.82) is 0 Å². The Morgan fingerprint density at radius 3 is 2.23 bits per heavy atom. The van der Waals surface area contributed by atoms with Crippen LogP contribution in [0.3, 0.4) is 0 Å². The summed E-state index contributed by atoms with van der Waals surface area (Å²) in [4.78, 5) is 18.0. The van der Waals surface area contributed by atoms with Gasteiger partial charge in [-0.05, 0) is 42.8 Å². The molecule has 0 fully saturated rings. The molecule has 176 valence electrons. The fourth-order valence-electron chi connectivity index (χ4n) is 4.09. The number of rotatable bonds is 6. The molecule has 8 nitrogen and oxygen atoms in total. The Hall–Kier alpha value is -4.59. The van der Waals surface area contributed by atoms with Crippen molar-refractivity contribution < 1.29 is 18.7 Å². The fourth-order valence-corrected chi connectivity index (χ4v) is 4.09. The van der Waals surface area contributed by atoms with Gasteiger partial charge in [-0.3, -0.25) is 9.36 Å². The number of aryl methyl sites for hydroxylation is 1. The van der Waals surface area contributed by atoms with Crippen LogP contribution in [0.4, 0.5) is 0 Å².